The molecule has 2 aromatic carbocycles. The zero-order valence-electron chi connectivity index (χ0n) is 16.8. The van der Waals surface area contributed by atoms with E-state index in [4.69, 9.17) is 23.7 Å². The number of benzene rings is 2. The van der Waals surface area contributed by atoms with Crippen molar-refractivity contribution in [2.45, 2.75) is 37.9 Å². The van der Waals surface area contributed by atoms with Crippen molar-refractivity contribution in [2.75, 3.05) is 13.2 Å². The topological polar surface area (TPSA) is 104 Å². The van der Waals surface area contributed by atoms with Crippen molar-refractivity contribution in [3.8, 4) is 17.2 Å². The van der Waals surface area contributed by atoms with Crippen LogP contribution in [0.2, 0.25) is 0 Å². The Labute approximate surface area is 179 Å². The maximum absolute atomic E-state index is 12.3. The van der Waals surface area contributed by atoms with E-state index in [1.54, 1.807) is 24.3 Å². The summed E-state index contributed by atoms with van der Waals surface area (Å²) in [5, 5.41) is 0. The van der Waals surface area contributed by atoms with Gasteiger partial charge in [-0.2, -0.15) is 0 Å². The molecule has 2 unspecified atom stereocenters. The van der Waals surface area contributed by atoms with E-state index in [1.165, 1.54) is 24.3 Å². The van der Waals surface area contributed by atoms with E-state index in [0.717, 1.165) is 0 Å². The molecule has 8 nitrogen and oxygen atoms in total. The fourth-order valence-corrected chi connectivity index (χ4v) is 2.79. The van der Waals surface area contributed by atoms with Gasteiger partial charge in [-0.25, -0.2) is 4.79 Å². The lowest BCUT2D eigenvalue weighted by Gasteiger charge is -2.07. The summed E-state index contributed by atoms with van der Waals surface area (Å²) in [5.41, 5.74) is 0.309. The highest BCUT2D eigenvalue weighted by Crippen LogP contribution is 2.22. The molecule has 0 radical (unpaired) electrons. The van der Waals surface area contributed by atoms with E-state index in [1.807, 2.05) is 0 Å². The Morgan fingerprint density at radius 3 is 1.48 bits per heavy atom. The van der Waals surface area contributed by atoms with Crippen molar-refractivity contribution < 1.29 is 38.1 Å². The fraction of sp³-hybridized carbons (Fsp3) is 0.348. The summed E-state index contributed by atoms with van der Waals surface area (Å²) in [6.07, 6.45) is 2.24. The second kappa shape index (κ2) is 9.72. The zero-order valence-corrected chi connectivity index (χ0v) is 16.8. The third-order valence-electron chi connectivity index (χ3n) is 4.73. The molecule has 2 aliphatic heterocycles. The molecule has 0 aromatic heterocycles. The highest BCUT2D eigenvalue weighted by atomic mass is 16.6. The van der Waals surface area contributed by atoms with Crippen LogP contribution in [0.15, 0.2) is 48.5 Å². The molecule has 2 heterocycles. The number of ether oxygens (including phenoxy) is 5. The lowest BCUT2D eigenvalue weighted by molar-refractivity contribution is -0.135. The Kier molecular flexibility index (Phi) is 6.59. The van der Waals surface area contributed by atoms with Crippen LogP contribution in [-0.2, 0) is 19.1 Å². The molecule has 0 saturated carbocycles. The van der Waals surface area contributed by atoms with Crippen molar-refractivity contribution in [2.24, 2.45) is 0 Å². The molecule has 0 spiro atoms. The molecule has 2 saturated heterocycles. The summed E-state index contributed by atoms with van der Waals surface area (Å²) in [5.74, 6) is -0.181. The van der Waals surface area contributed by atoms with Crippen molar-refractivity contribution in [1.29, 1.82) is 0 Å². The summed E-state index contributed by atoms with van der Waals surface area (Å²) >= 11 is 0. The summed E-state index contributed by atoms with van der Waals surface area (Å²) in [6.45, 7) is 1.41. The average Bonchev–Trinajstić information content (AvgIpc) is 3.68. The molecule has 4 rings (SSSR count). The second-order valence-corrected chi connectivity index (χ2v) is 7.32. The summed E-state index contributed by atoms with van der Waals surface area (Å²) < 4.78 is 25.9. The monoisotopic (exact) mass is 426 g/mol. The predicted octanol–water partition coefficient (Wildman–Crippen LogP) is 3.07. The molecule has 2 fully saturated rings. The van der Waals surface area contributed by atoms with Crippen LogP contribution in [-0.4, -0.2) is 43.3 Å². The Morgan fingerprint density at radius 1 is 0.677 bits per heavy atom. The molecule has 2 aliphatic rings. The van der Waals surface area contributed by atoms with Crippen molar-refractivity contribution >= 4 is 17.9 Å². The first-order chi connectivity index (χ1) is 15.0. The van der Waals surface area contributed by atoms with Crippen molar-refractivity contribution in [1.82, 2.24) is 0 Å². The maximum atomic E-state index is 12.3. The van der Waals surface area contributed by atoms with E-state index >= 15 is 0 Å². The molecule has 0 bridgehead atoms. The maximum Gasteiger partial charge on any atom is 0.343 e. The lowest BCUT2D eigenvalue weighted by atomic mass is 10.2. The van der Waals surface area contributed by atoms with Crippen molar-refractivity contribution in [3.63, 3.8) is 0 Å². The van der Waals surface area contributed by atoms with Gasteiger partial charge < -0.3 is 23.7 Å². The van der Waals surface area contributed by atoms with Crippen molar-refractivity contribution in [3.05, 3.63) is 54.1 Å². The van der Waals surface area contributed by atoms with Gasteiger partial charge in [-0.15, -0.1) is 0 Å². The van der Waals surface area contributed by atoms with Crippen LogP contribution in [0.1, 0.15) is 36.0 Å². The first-order valence-electron chi connectivity index (χ1n) is 10.1. The predicted molar refractivity (Wildman–Crippen MR) is 107 cm³/mol. The SMILES string of the molecule is O=C(CCC1CO1)Oc1ccc(OC(=O)c2ccc(OC(=O)CCC3CO3)cc2)cc1. The van der Waals surface area contributed by atoms with Crippen LogP contribution in [0.4, 0.5) is 0 Å². The third kappa shape index (κ3) is 6.91. The van der Waals surface area contributed by atoms with E-state index in [0.29, 0.717) is 55.3 Å². The van der Waals surface area contributed by atoms with Gasteiger partial charge in [0.2, 0.25) is 0 Å². The van der Waals surface area contributed by atoms with Crippen LogP contribution in [0.3, 0.4) is 0 Å². The average molecular weight is 426 g/mol. The van der Waals surface area contributed by atoms with Gasteiger partial charge in [0.15, 0.2) is 0 Å². The standard InChI is InChI=1S/C23H22O8/c24-21(11-9-19-13-27-19)29-16-3-1-15(2-4-16)23(26)31-18-7-5-17(6-8-18)30-22(25)12-10-20-14-28-20/h1-8,19-20H,9-14H2. The molecule has 2 aromatic rings. The minimum atomic E-state index is -0.557. The molecule has 2 atom stereocenters. The number of carbonyl (C=O) groups excluding carboxylic acids is 3. The molecule has 8 heteroatoms. The Morgan fingerprint density at radius 2 is 1.06 bits per heavy atom. The van der Waals surface area contributed by atoms with Gasteiger partial charge >= 0.3 is 17.9 Å². The minimum absolute atomic E-state index is 0.174. The number of carbonyl (C=O) groups is 3. The zero-order chi connectivity index (χ0) is 21.6. The fourth-order valence-electron chi connectivity index (χ4n) is 2.79. The quantitative estimate of drug-likeness (QED) is 0.324. The summed E-state index contributed by atoms with van der Waals surface area (Å²) in [6, 6.07) is 12.3. The number of rotatable bonds is 10. The molecule has 162 valence electrons. The first kappa shape index (κ1) is 21.0. The number of hydrogen-bond acceptors (Lipinski definition) is 8. The second-order valence-electron chi connectivity index (χ2n) is 7.32. The molecular formula is C23H22O8. The van der Waals surface area contributed by atoms with E-state index in [2.05, 4.69) is 0 Å². The van der Waals surface area contributed by atoms with Crippen LogP contribution < -0.4 is 14.2 Å². The summed E-state index contributed by atoms with van der Waals surface area (Å²) in [4.78, 5) is 35.8. The van der Waals surface area contributed by atoms with Crippen LogP contribution in [0, 0.1) is 0 Å². The molecular weight excluding hydrogens is 404 g/mol. The van der Waals surface area contributed by atoms with E-state index in [9.17, 15) is 14.4 Å². The minimum Gasteiger partial charge on any atom is -0.427 e. The van der Waals surface area contributed by atoms with Gasteiger partial charge in [-0.05, 0) is 61.4 Å². The Hall–Kier alpha value is -3.23. The third-order valence-corrected chi connectivity index (χ3v) is 4.73. The Balaban J connectivity index is 1.23. The molecule has 0 aliphatic carbocycles. The number of hydrogen-bond donors (Lipinski definition) is 0. The molecule has 0 amide bonds. The van der Waals surface area contributed by atoms with Gasteiger partial charge in [0, 0.05) is 12.8 Å². The van der Waals surface area contributed by atoms with Gasteiger partial charge in [0.1, 0.15) is 17.2 Å². The highest BCUT2D eigenvalue weighted by Gasteiger charge is 2.24. The van der Waals surface area contributed by atoms with Gasteiger partial charge in [-0.3, -0.25) is 9.59 Å². The van der Waals surface area contributed by atoms with Crippen LogP contribution in [0.5, 0.6) is 17.2 Å². The highest BCUT2D eigenvalue weighted by molar-refractivity contribution is 5.91. The van der Waals surface area contributed by atoms with Gasteiger partial charge in [0.25, 0.3) is 0 Å². The van der Waals surface area contributed by atoms with E-state index < -0.39 is 5.97 Å². The molecule has 0 N–H and O–H groups in total. The summed E-state index contributed by atoms with van der Waals surface area (Å²) in [7, 11) is 0. The smallest absolute Gasteiger partial charge is 0.343 e. The van der Waals surface area contributed by atoms with Crippen LogP contribution in [0.25, 0.3) is 0 Å². The normalized spacial score (nSPS) is 18.7. The van der Waals surface area contributed by atoms with Gasteiger partial charge in [-0.1, -0.05) is 0 Å². The first-order valence-corrected chi connectivity index (χ1v) is 10.1. The Bertz CT molecular complexity index is 927. The largest absolute Gasteiger partial charge is 0.427 e. The lowest BCUT2D eigenvalue weighted by Crippen LogP contribution is -2.11. The van der Waals surface area contributed by atoms with E-state index in [-0.39, 0.29) is 30.6 Å². The molecule has 31 heavy (non-hydrogen) atoms. The van der Waals surface area contributed by atoms with Crippen LogP contribution >= 0.6 is 0 Å². The van der Waals surface area contributed by atoms with Gasteiger partial charge in [0.05, 0.1) is 31.0 Å². The number of esters is 3. The number of epoxide rings is 2.